The number of hydrogen-bond donors (Lipinski definition) is 3. The molecule has 4 rings (SSSR count). The molecule has 3 N–H and O–H groups in total. The number of aliphatic hydroxyl groups excluding tert-OH is 1. The average Bonchev–Trinajstić information content (AvgIpc) is 3.38. The molecule has 1 aliphatic heterocycles. The molecule has 7 nitrogen and oxygen atoms in total. The van der Waals surface area contributed by atoms with Crippen LogP contribution in [-0.2, 0) is 23.9 Å². The molecule has 2 atom stereocenters. The second-order valence-corrected chi connectivity index (χ2v) is 9.96. The van der Waals surface area contributed by atoms with Crippen LogP contribution < -0.4 is 20.3 Å². The Hall–Kier alpha value is -3.89. The van der Waals surface area contributed by atoms with Gasteiger partial charge in [-0.05, 0) is 49.1 Å². The van der Waals surface area contributed by atoms with Crippen LogP contribution in [0.2, 0.25) is 0 Å². The molecule has 10 heteroatoms. The number of nitrogens with one attached hydrogen (secondary N) is 2. The van der Waals surface area contributed by atoms with Gasteiger partial charge in [0.1, 0.15) is 5.75 Å². The van der Waals surface area contributed by atoms with Crippen molar-refractivity contribution in [1.29, 1.82) is 0 Å². The zero-order chi connectivity index (χ0) is 29.4. The predicted octanol–water partition coefficient (Wildman–Crippen LogP) is 4.72. The fraction of sp³-hybridized carbons (Fsp3) is 0.355. The van der Waals surface area contributed by atoms with Crippen LogP contribution in [0.5, 0.6) is 5.75 Å². The molecule has 0 aromatic heterocycles. The summed E-state index contributed by atoms with van der Waals surface area (Å²) in [6.07, 6.45) is -4.00. The fourth-order valence-corrected chi connectivity index (χ4v) is 4.81. The van der Waals surface area contributed by atoms with Crippen molar-refractivity contribution in [2.45, 2.75) is 51.1 Å². The maximum atomic E-state index is 13.5. The highest BCUT2D eigenvalue weighted by atomic mass is 19.4. The lowest BCUT2D eigenvalue weighted by Gasteiger charge is -2.25. The van der Waals surface area contributed by atoms with E-state index in [0.29, 0.717) is 43.0 Å². The Morgan fingerprint density at radius 1 is 1.05 bits per heavy atom. The molecule has 2 unspecified atom stereocenters. The van der Waals surface area contributed by atoms with Gasteiger partial charge in [-0.2, -0.15) is 13.2 Å². The molecule has 218 valence electrons. The number of aliphatic hydroxyl groups is 1. The van der Waals surface area contributed by atoms with E-state index in [4.69, 9.17) is 4.74 Å². The summed E-state index contributed by atoms with van der Waals surface area (Å²) in [5, 5.41) is 17.0. The first-order chi connectivity index (χ1) is 19.6. The largest absolute Gasteiger partial charge is 0.494 e. The third-order valence-corrected chi connectivity index (χ3v) is 6.87. The lowest BCUT2D eigenvalue weighted by atomic mass is 10.00. The number of anilines is 1. The van der Waals surface area contributed by atoms with E-state index < -0.39 is 29.8 Å². The number of carbonyl (C=O) groups is 2. The van der Waals surface area contributed by atoms with Crippen molar-refractivity contribution in [3.63, 3.8) is 0 Å². The van der Waals surface area contributed by atoms with Crippen LogP contribution in [0.4, 0.5) is 18.9 Å². The number of benzene rings is 3. The van der Waals surface area contributed by atoms with Crippen molar-refractivity contribution < 1.29 is 32.6 Å². The maximum Gasteiger partial charge on any atom is 0.416 e. The van der Waals surface area contributed by atoms with E-state index in [0.717, 1.165) is 24.1 Å². The number of rotatable bonds is 12. The lowest BCUT2D eigenvalue weighted by molar-refractivity contribution is -0.137. The molecule has 1 heterocycles. The van der Waals surface area contributed by atoms with Crippen molar-refractivity contribution in [2.24, 2.45) is 0 Å². The van der Waals surface area contributed by atoms with Crippen molar-refractivity contribution in [3.05, 3.63) is 95.1 Å². The minimum absolute atomic E-state index is 0.0192. The van der Waals surface area contributed by atoms with E-state index in [-0.39, 0.29) is 24.6 Å². The van der Waals surface area contributed by atoms with Gasteiger partial charge in [0.25, 0.3) is 5.91 Å². The summed E-state index contributed by atoms with van der Waals surface area (Å²) in [5.74, 6) is -0.00991. The normalized spacial score (nSPS) is 15.0. The van der Waals surface area contributed by atoms with Crippen molar-refractivity contribution >= 4 is 17.5 Å². The predicted molar refractivity (Wildman–Crippen MR) is 150 cm³/mol. The fourth-order valence-electron chi connectivity index (χ4n) is 4.81. The Morgan fingerprint density at radius 2 is 1.80 bits per heavy atom. The second kappa shape index (κ2) is 13.6. The van der Waals surface area contributed by atoms with E-state index >= 15 is 0 Å². The minimum Gasteiger partial charge on any atom is -0.494 e. The first-order valence-electron chi connectivity index (χ1n) is 13.6. The number of hydrogen-bond acceptors (Lipinski definition) is 5. The summed E-state index contributed by atoms with van der Waals surface area (Å²) < 4.78 is 44.9. The Kier molecular flexibility index (Phi) is 10.0. The average molecular weight is 570 g/mol. The molecule has 0 spiro atoms. The number of alkyl halides is 3. The second-order valence-electron chi connectivity index (χ2n) is 9.96. The molecule has 41 heavy (non-hydrogen) atoms. The van der Waals surface area contributed by atoms with Crippen LogP contribution in [0.25, 0.3) is 0 Å². The molecule has 0 saturated carbocycles. The summed E-state index contributed by atoms with van der Waals surface area (Å²) in [7, 11) is 0. The Labute approximate surface area is 237 Å². The van der Waals surface area contributed by atoms with Gasteiger partial charge in [-0.1, -0.05) is 48.5 Å². The molecule has 1 aliphatic rings. The van der Waals surface area contributed by atoms with E-state index in [1.165, 1.54) is 6.07 Å². The molecule has 1 fully saturated rings. The smallest absolute Gasteiger partial charge is 0.416 e. The minimum atomic E-state index is -4.44. The number of nitrogens with zero attached hydrogens (tertiary/aromatic N) is 1. The SMILES string of the molecule is CCOc1cc(C(=O)NC(Cc2ccccc2)C(O)CNCc2cccc(C(F)(F)F)c2)cc(N2CCCC2=O)c1. The van der Waals surface area contributed by atoms with Crippen molar-refractivity contribution in [1.82, 2.24) is 10.6 Å². The summed E-state index contributed by atoms with van der Waals surface area (Å²) in [5.41, 5.74) is 1.43. The van der Waals surface area contributed by atoms with Crippen molar-refractivity contribution in [2.75, 3.05) is 24.6 Å². The van der Waals surface area contributed by atoms with Gasteiger partial charge < -0.3 is 25.4 Å². The van der Waals surface area contributed by atoms with E-state index in [1.54, 1.807) is 29.2 Å². The van der Waals surface area contributed by atoms with Crippen LogP contribution in [0, 0.1) is 0 Å². The highest BCUT2D eigenvalue weighted by Gasteiger charge is 2.30. The van der Waals surface area contributed by atoms with Gasteiger partial charge in [-0.15, -0.1) is 0 Å². The van der Waals surface area contributed by atoms with Crippen LogP contribution in [0.1, 0.15) is 46.8 Å². The van der Waals surface area contributed by atoms with Crippen molar-refractivity contribution in [3.8, 4) is 5.75 Å². The molecule has 3 aromatic rings. The molecule has 0 bridgehead atoms. The summed E-state index contributed by atoms with van der Waals surface area (Å²) in [6.45, 7) is 2.90. The molecule has 1 saturated heterocycles. The number of halogens is 3. The Bertz CT molecular complexity index is 1330. The van der Waals surface area contributed by atoms with E-state index in [1.807, 2.05) is 37.3 Å². The van der Waals surface area contributed by atoms with Gasteiger partial charge in [0, 0.05) is 43.4 Å². The van der Waals surface area contributed by atoms with Crippen LogP contribution in [0.3, 0.4) is 0 Å². The first-order valence-corrected chi connectivity index (χ1v) is 13.6. The number of ether oxygens (including phenoxy) is 1. The molecule has 3 aromatic carbocycles. The zero-order valence-electron chi connectivity index (χ0n) is 22.8. The summed E-state index contributed by atoms with van der Waals surface area (Å²) in [4.78, 5) is 27.5. The maximum absolute atomic E-state index is 13.5. The number of amides is 2. The van der Waals surface area contributed by atoms with Gasteiger partial charge in [0.2, 0.25) is 5.91 Å². The topological polar surface area (TPSA) is 90.9 Å². The van der Waals surface area contributed by atoms with Crippen LogP contribution in [-0.4, -0.2) is 48.8 Å². The third-order valence-electron chi connectivity index (χ3n) is 6.87. The highest BCUT2D eigenvalue weighted by Crippen LogP contribution is 2.30. The molecule has 0 aliphatic carbocycles. The van der Waals surface area contributed by atoms with Gasteiger partial charge in [0.05, 0.1) is 24.3 Å². The van der Waals surface area contributed by atoms with E-state index in [2.05, 4.69) is 10.6 Å². The van der Waals surface area contributed by atoms with Gasteiger partial charge in [-0.25, -0.2) is 0 Å². The van der Waals surface area contributed by atoms with E-state index in [9.17, 15) is 27.9 Å². The van der Waals surface area contributed by atoms with Gasteiger partial charge in [0.15, 0.2) is 0 Å². The lowest BCUT2D eigenvalue weighted by Crippen LogP contribution is -2.48. The standard InChI is InChI=1S/C31H34F3N3O4/c1-2-41-26-17-23(16-25(18-26)37-13-7-12-29(37)39)30(40)36-27(15-21-8-4-3-5-9-21)28(38)20-35-19-22-10-6-11-24(14-22)31(32,33)34/h3-6,8-11,14,16-18,27-28,35,38H,2,7,12-13,15,19-20H2,1H3,(H,36,40). The van der Waals surface area contributed by atoms with Gasteiger partial charge in [-0.3, -0.25) is 9.59 Å². The van der Waals surface area contributed by atoms with Gasteiger partial charge >= 0.3 is 6.18 Å². The number of carbonyl (C=O) groups excluding carboxylic acids is 2. The monoisotopic (exact) mass is 569 g/mol. The molecule has 2 amide bonds. The first kappa shape index (κ1) is 30.1. The molecular weight excluding hydrogens is 535 g/mol. The molecule has 0 radical (unpaired) electrons. The Morgan fingerprint density at radius 3 is 2.49 bits per heavy atom. The quantitative estimate of drug-likeness (QED) is 0.294. The summed E-state index contributed by atoms with van der Waals surface area (Å²) in [6, 6.07) is 18.6. The zero-order valence-corrected chi connectivity index (χ0v) is 22.8. The third kappa shape index (κ3) is 8.31. The van der Waals surface area contributed by atoms with Crippen LogP contribution >= 0.6 is 0 Å². The highest BCUT2D eigenvalue weighted by molar-refractivity contribution is 5.99. The molecular formula is C31H34F3N3O4. The Balaban J connectivity index is 1.49. The van der Waals surface area contributed by atoms with Crippen LogP contribution in [0.15, 0.2) is 72.8 Å². The summed E-state index contributed by atoms with van der Waals surface area (Å²) >= 11 is 0.